The molecule has 2 aliphatic heterocycles. The number of anilines is 2. The molecule has 0 bridgehead atoms. The zero-order chi connectivity index (χ0) is 27.4. The lowest BCUT2D eigenvalue weighted by Gasteiger charge is -2.29. The van der Waals surface area contributed by atoms with Crippen LogP contribution >= 0.6 is 0 Å². The number of ether oxygens (including phenoxy) is 1. The molecule has 0 aromatic heterocycles. The summed E-state index contributed by atoms with van der Waals surface area (Å²) in [7, 11) is -9.44. The molecule has 0 fully saturated rings. The van der Waals surface area contributed by atoms with E-state index in [1.54, 1.807) is 47.6 Å². The van der Waals surface area contributed by atoms with Gasteiger partial charge < -0.3 is 14.5 Å². The van der Waals surface area contributed by atoms with Crippen molar-refractivity contribution in [2.75, 3.05) is 5.32 Å². The van der Waals surface area contributed by atoms with Crippen LogP contribution in [0.5, 0.6) is 11.5 Å². The molecule has 0 unspecified atom stereocenters. The topological polar surface area (TPSA) is 180 Å². The van der Waals surface area contributed by atoms with Crippen molar-refractivity contribution in [1.82, 2.24) is 4.98 Å². The van der Waals surface area contributed by atoms with E-state index in [4.69, 9.17) is 14.6 Å². The molecule has 0 spiro atoms. The van der Waals surface area contributed by atoms with Gasteiger partial charge in [0.05, 0.1) is 16.7 Å². The second-order valence-electron chi connectivity index (χ2n) is 9.20. The fraction of sp³-hybridized carbons (Fsp3) is 0.250. The van der Waals surface area contributed by atoms with Gasteiger partial charge in [0.25, 0.3) is 10.1 Å². The summed E-state index contributed by atoms with van der Waals surface area (Å²) in [5, 5.41) is 11.1. The monoisotopic (exact) mass is 545 g/mol. The zero-order valence-corrected chi connectivity index (χ0v) is 22.3. The lowest BCUT2D eigenvalue weighted by molar-refractivity contribution is 0.444. The third kappa shape index (κ3) is 3.53. The lowest BCUT2D eigenvalue weighted by Crippen LogP contribution is -2.21. The Balaban J connectivity index is 1.92. The number of aryl methyl sites for hydroxylation is 4. The van der Waals surface area contributed by atoms with E-state index in [0.717, 1.165) is 0 Å². The smallest absolute Gasteiger partial charge is 0.300 e. The second-order valence-corrected chi connectivity index (χ2v) is 11.9. The number of fused-ring (bicyclic) bond motifs is 4. The number of hydrogen-bond donors (Lipinski definition) is 4. The lowest BCUT2D eigenvalue weighted by atomic mass is 10.00. The first-order valence-corrected chi connectivity index (χ1v) is 13.9. The van der Waals surface area contributed by atoms with Crippen molar-refractivity contribution in [3.8, 4) is 23.0 Å². The van der Waals surface area contributed by atoms with E-state index in [1.807, 2.05) is 0 Å². The van der Waals surface area contributed by atoms with Crippen molar-refractivity contribution in [3.63, 3.8) is 0 Å². The Morgan fingerprint density at radius 2 is 1.43 bits per heavy atom. The van der Waals surface area contributed by atoms with E-state index in [2.05, 4.69) is 10.3 Å². The molecule has 0 radical (unpaired) electrons. The zero-order valence-electron chi connectivity index (χ0n) is 20.7. The van der Waals surface area contributed by atoms with Gasteiger partial charge in [-0.2, -0.15) is 16.8 Å². The van der Waals surface area contributed by atoms with Gasteiger partial charge in [-0.05, 0) is 63.8 Å². The van der Waals surface area contributed by atoms with E-state index in [0.29, 0.717) is 50.3 Å². The number of hydrogen-bond acceptors (Lipinski definition) is 9. The largest absolute Gasteiger partial charge is 0.451 e. The molecule has 2 heterocycles. The van der Waals surface area contributed by atoms with Crippen LogP contribution in [0.25, 0.3) is 22.6 Å². The summed E-state index contributed by atoms with van der Waals surface area (Å²) in [5.74, 6) is -0.0364. The average molecular weight is 546 g/mol. The predicted octanol–water partition coefficient (Wildman–Crippen LogP) is 4.61. The Bertz CT molecular complexity index is 1960. The SMILES string of the molecule is Cc1cc(C)c(S(=O)(=O)O)c2c1Nc1c(c(C)c3nc4c(C)c(C)c(=N)c(S(=O)(=O)O)c-4oc3c1C)O2. The second kappa shape index (κ2) is 7.74. The van der Waals surface area contributed by atoms with Crippen molar-refractivity contribution in [2.24, 2.45) is 0 Å². The van der Waals surface area contributed by atoms with Crippen LogP contribution in [0.2, 0.25) is 0 Å². The molecule has 0 saturated heterocycles. The van der Waals surface area contributed by atoms with Crippen LogP contribution in [0.3, 0.4) is 0 Å². The molecule has 0 saturated carbocycles. The fourth-order valence-corrected chi connectivity index (χ4v) is 6.44. The summed E-state index contributed by atoms with van der Waals surface area (Å²) in [6, 6.07) is 1.60. The first kappa shape index (κ1) is 25.1. The molecule has 11 nitrogen and oxygen atoms in total. The van der Waals surface area contributed by atoms with Gasteiger partial charge in [0, 0.05) is 11.1 Å². The van der Waals surface area contributed by atoms with E-state index in [9.17, 15) is 25.9 Å². The van der Waals surface area contributed by atoms with Crippen molar-refractivity contribution < 1.29 is 35.1 Å². The normalized spacial score (nSPS) is 13.3. The molecular weight excluding hydrogens is 522 g/mol. The van der Waals surface area contributed by atoms with E-state index in [-0.39, 0.29) is 38.8 Å². The minimum absolute atomic E-state index is 0.0494. The molecule has 194 valence electrons. The third-order valence-corrected chi connectivity index (χ3v) is 8.74. The minimum Gasteiger partial charge on any atom is -0.451 e. The van der Waals surface area contributed by atoms with Crippen LogP contribution in [0.1, 0.15) is 33.4 Å². The standard InChI is InChI=1S/C24H23N3O8S2/c1-8-7-9(2)23(36(28,29)30)21-15(8)26-17-12(5)20-18(13(6)19(17)34-21)27-16-11(4)10(3)14(25)24(22(16)35-20)37(31,32)33/h7,25-26H,1-6H3,(H,28,29,30)(H,31,32,33). The molecule has 13 heteroatoms. The molecule has 1 aliphatic carbocycles. The highest BCUT2D eigenvalue weighted by atomic mass is 32.2. The van der Waals surface area contributed by atoms with Crippen LogP contribution in [0, 0.1) is 47.0 Å². The molecule has 3 aliphatic rings. The highest BCUT2D eigenvalue weighted by molar-refractivity contribution is 7.86. The number of rotatable bonds is 2. The van der Waals surface area contributed by atoms with Gasteiger partial charge in [-0.15, -0.1) is 0 Å². The van der Waals surface area contributed by atoms with Crippen molar-refractivity contribution in [3.05, 3.63) is 44.8 Å². The summed E-state index contributed by atoms with van der Waals surface area (Å²) >= 11 is 0. The molecule has 0 amide bonds. The number of nitrogens with one attached hydrogen (secondary N) is 2. The van der Waals surface area contributed by atoms with Gasteiger partial charge >= 0.3 is 10.1 Å². The predicted molar refractivity (Wildman–Crippen MR) is 134 cm³/mol. The van der Waals surface area contributed by atoms with E-state index in [1.165, 1.54) is 0 Å². The van der Waals surface area contributed by atoms with Gasteiger partial charge in [-0.1, -0.05) is 6.07 Å². The van der Waals surface area contributed by atoms with Gasteiger partial charge in [-0.3, -0.25) is 14.5 Å². The first-order chi connectivity index (χ1) is 17.0. The summed E-state index contributed by atoms with van der Waals surface area (Å²) in [4.78, 5) is 3.63. The molecule has 37 heavy (non-hydrogen) atoms. The minimum atomic E-state index is -4.82. The fourth-order valence-electron chi connectivity index (χ4n) is 4.81. The summed E-state index contributed by atoms with van der Waals surface area (Å²) in [6.07, 6.45) is 0. The van der Waals surface area contributed by atoms with Crippen LogP contribution < -0.4 is 15.4 Å². The van der Waals surface area contributed by atoms with Crippen molar-refractivity contribution >= 4 is 42.7 Å². The first-order valence-electron chi connectivity index (χ1n) is 11.0. The number of aromatic nitrogens is 1. The molecular formula is C24H23N3O8S2. The quantitative estimate of drug-likeness (QED) is 0.181. The average Bonchev–Trinajstić information content (AvgIpc) is 2.78. The maximum Gasteiger partial charge on any atom is 0.300 e. The van der Waals surface area contributed by atoms with Crippen LogP contribution in [-0.4, -0.2) is 30.9 Å². The Kier molecular flexibility index (Phi) is 5.26. The van der Waals surface area contributed by atoms with Crippen LogP contribution in [0.4, 0.5) is 11.4 Å². The summed E-state index contributed by atoms with van der Waals surface area (Å²) < 4.78 is 80.8. The molecule has 0 atom stereocenters. The summed E-state index contributed by atoms with van der Waals surface area (Å²) in [5.41, 5.74) is 4.12. The Labute approximate surface area is 212 Å². The molecule has 2 aromatic rings. The van der Waals surface area contributed by atoms with Gasteiger partial charge in [0.15, 0.2) is 27.7 Å². The summed E-state index contributed by atoms with van der Waals surface area (Å²) in [6.45, 7) is 9.89. The van der Waals surface area contributed by atoms with Crippen LogP contribution in [-0.2, 0) is 20.2 Å². The maximum atomic E-state index is 12.2. The molecule has 5 rings (SSSR count). The highest BCUT2D eigenvalue weighted by Gasteiger charge is 2.34. The molecule has 2 aromatic carbocycles. The van der Waals surface area contributed by atoms with Crippen molar-refractivity contribution in [2.45, 2.75) is 51.3 Å². The maximum absolute atomic E-state index is 12.2. The van der Waals surface area contributed by atoms with Gasteiger partial charge in [0.1, 0.15) is 16.1 Å². The number of nitrogens with zero attached hydrogens (tertiary/aromatic N) is 1. The van der Waals surface area contributed by atoms with Gasteiger partial charge in [0.2, 0.25) is 0 Å². The highest BCUT2D eigenvalue weighted by Crippen LogP contribution is 2.52. The Hall–Kier alpha value is -3.52. The molecule has 4 N–H and O–H groups in total. The van der Waals surface area contributed by atoms with Gasteiger partial charge in [-0.25, -0.2) is 4.98 Å². The van der Waals surface area contributed by atoms with E-state index < -0.39 is 25.1 Å². The Morgan fingerprint density at radius 3 is 2.03 bits per heavy atom. The Morgan fingerprint density at radius 1 is 0.811 bits per heavy atom. The van der Waals surface area contributed by atoms with Crippen molar-refractivity contribution in [1.29, 1.82) is 5.41 Å². The van der Waals surface area contributed by atoms with E-state index >= 15 is 0 Å². The van der Waals surface area contributed by atoms with Crippen LogP contribution in [0.15, 0.2) is 20.3 Å². The third-order valence-electron chi connectivity index (χ3n) is 6.81. The number of benzene rings is 3.